The molecule has 2 aromatic carbocycles. The van der Waals surface area contributed by atoms with Crippen molar-refractivity contribution in [1.29, 1.82) is 0 Å². The van der Waals surface area contributed by atoms with Crippen molar-refractivity contribution in [1.82, 2.24) is 0 Å². The Hall–Kier alpha value is -2.23. The summed E-state index contributed by atoms with van der Waals surface area (Å²) in [6.45, 7) is 0.156. The quantitative estimate of drug-likeness (QED) is 0.895. The molecule has 0 saturated carbocycles. The Bertz CT molecular complexity index is 570. The second-order valence-electron chi connectivity index (χ2n) is 4.18. The molecule has 2 nitrogen and oxygen atoms in total. The highest BCUT2D eigenvalue weighted by Gasteiger charge is 2.07. The summed E-state index contributed by atoms with van der Waals surface area (Å²) in [5.74, 6) is -1.92. The summed E-state index contributed by atoms with van der Waals surface area (Å²) in [4.78, 5) is 11.7. The SMILES string of the molecule is O=C(CNc1ccccc1)Cc1ccc(F)c(F)c1. The van der Waals surface area contributed by atoms with E-state index in [1.54, 1.807) is 0 Å². The van der Waals surface area contributed by atoms with Gasteiger partial charge in [0, 0.05) is 12.1 Å². The van der Waals surface area contributed by atoms with Crippen LogP contribution in [0.4, 0.5) is 14.5 Å². The number of rotatable bonds is 5. The first kappa shape index (κ1) is 13.2. The number of ketones is 1. The van der Waals surface area contributed by atoms with Gasteiger partial charge in [0.1, 0.15) is 0 Å². The summed E-state index contributed by atoms with van der Waals surface area (Å²) in [6.07, 6.45) is 0.0804. The average molecular weight is 261 g/mol. The molecule has 0 aromatic heterocycles. The topological polar surface area (TPSA) is 29.1 Å². The number of benzene rings is 2. The van der Waals surface area contributed by atoms with Gasteiger partial charge in [0.25, 0.3) is 0 Å². The minimum absolute atomic E-state index is 0.0804. The van der Waals surface area contributed by atoms with Crippen LogP contribution in [0.15, 0.2) is 48.5 Å². The van der Waals surface area contributed by atoms with E-state index in [-0.39, 0.29) is 18.7 Å². The van der Waals surface area contributed by atoms with Gasteiger partial charge >= 0.3 is 0 Å². The maximum atomic E-state index is 13.0. The largest absolute Gasteiger partial charge is 0.378 e. The van der Waals surface area contributed by atoms with Gasteiger partial charge in [0.15, 0.2) is 17.4 Å². The number of para-hydroxylation sites is 1. The molecule has 0 amide bonds. The van der Waals surface area contributed by atoms with E-state index >= 15 is 0 Å². The molecule has 0 atom stereocenters. The third-order valence-corrected chi connectivity index (χ3v) is 2.65. The fraction of sp³-hybridized carbons (Fsp3) is 0.133. The molecule has 1 N–H and O–H groups in total. The van der Waals surface area contributed by atoms with Crippen LogP contribution in [0.25, 0.3) is 0 Å². The number of carbonyl (C=O) groups excluding carboxylic acids is 1. The van der Waals surface area contributed by atoms with E-state index in [9.17, 15) is 13.6 Å². The molecule has 0 heterocycles. The molecular formula is C15H13F2NO. The summed E-state index contributed by atoms with van der Waals surface area (Å²) in [6, 6.07) is 12.8. The summed E-state index contributed by atoms with van der Waals surface area (Å²) in [5, 5.41) is 2.97. The molecule has 0 saturated heterocycles. The molecule has 0 aliphatic heterocycles. The third-order valence-electron chi connectivity index (χ3n) is 2.65. The van der Waals surface area contributed by atoms with Crippen LogP contribution in [0.1, 0.15) is 5.56 Å². The van der Waals surface area contributed by atoms with E-state index in [0.29, 0.717) is 5.56 Å². The zero-order valence-corrected chi connectivity index (χ0v) is 10.2. The van der Waals surface area contributed by atoms with Crippen molar-refractivity contribution in [3.63, 3.8) is 0 Å². The predicted octanol–water partition coefficient (Wildman–Crippen LogP) is 3.19. The molecule has 4 heteroatoms. The van der Waals surface area contributed by atoms with Crippen LogP contribution < -0.4 is 5.32 Å². The molecule has 2 rings (SSSR count). The van der Waals surface area contributed by atoms with Crippen LogP contribution in [0.3, 0.4) is 0 Å². The molecule has 0 bridgehead atoms. The smallest absolute Gasteiger partial charge is 0.159 e. The van der Waals surface area contributed by atoms with Crippen molar-refractivity contribution in [2.45, 2.75) is 6.42 Å². The van der Waals surface area contributed by atoms with Crippen molar-refractivity contribution < 1.29 is 13.6 Å². The Balaban J connectivity index is 1.89. The molecule has 0 spiro atoms. The van der Waals surface area contributed by atoms with Gasteiger partial charge in [-0.2, -0.15) is 0 Å². The Morgan fingerprint density at radius 1 is 1.00 bits per heavy atom. The number of hydrogen-bond donors (Lipinski definition) is 1. The Labute approximate surface area is 110 Å². The van der Waals surface area contributed by atoms with E-state index in [1.165, 1.54) is 6.07 Å². The molecule has 2 aromatic rings. The Kier molecular flexibility index (Phi) is 4.23. The standard InChI is InChI=1S/C15H13F2NO/c16-14-7-6-11(9-15(14)17)8-13(19)10-18-12-4-2-1-3-5-12/h1-7,9,18H,8,10H2. The van der Waals surface area contributed by atoms with Gasteiger partial charge in [-0.1, -0.05) is 24.3 Å². The first-order valence-electron chi connectivity index (χ1n) is 5.90. The van der Waals surface area contributed by atoms with E-state index in [1.807, 2.05) is 30.3 Å². The van der Waals surface area contributed by atoms with Gasteiger partial charge in [-0.05, 0) is 29.8 Å². The Morgan fingerprint density at radius 3 is 2.42 bits per heavy atom. The first-order valence-corrected chi connectivity index (χ1v) is 5.90. The lowest BCUT2D eigenvalue weighted by atomic mass is 10.1. The van der Waals surface area contributed by atoms with Gasteiger partial charge in [-0.25, -0.2) is 8.78 Å². The van der Waals surface area contributed by atoms with E-state index < -0.39 is 11.6 Å². The predicted molar refractivity (Wildman–Crippen MR) is 70.0 cm³/mol. The van der Waals surface area contributed by atoms with Crippen molar-refractivity contribution in [2.24, 2.45) is 0 Å². The van der Waals surface area contributed by atoms with Crippen LogP contribution in [0.2, 0.25) is 0 Å². The molecule has 0 radical (unpaired) electrons. The fourth-order valence-corrected chi connectivity index (χ4v) is 1.70. The number of hydrogen-bond acceptors (Lipinski definition) is 2. The van der Waals surface area contributed by atoms with Crippen molar-refractivity contribution in [2.75, 3.05) is 11.9 Å². The van der Waals surface area contributed by atoms with Gasteiger partial charge in [-0.15, -0.1) is 0 Å². The lowest BCUT2D eigenvalue weighted by molar-refractivity contribution is -0.116. The highest BCUT2D eigenvalue weighted by Crippen LogP contribution is 2.10. The zero-order chi connectivity index (χ0) is 13.7. The molecule has 0 aliphatic rings. The number of nitrogens with one attached hydrogen (secondary N) is 1. The van der Waals surface area contributed by atoms with Crippen LogP contribution in [-0.4, -0.2) is 12.3 Å². The molecule has 0 fully saturated rings. The maximum absolute atomic E-state index is 13.0. The monoisotopic (exact) mass is 261 g/mol. The minimum atomic E-state index is -0.929. The number of Topliss-reactive ketones (excluding diaryl/α,β-unsaturated/α-hetero) is 1. The van der Waals surface area contributed by atoms with Crippen LogP contribution in [0.5, 0.6) is 0 Å². The molecule has 98 valence electrons. The summed E-state index contributed by atoms with van der Waals surface area (Å²) >= 11 is 0. The lowest BCUT2D eigenvalue weighted by Crippen LogP contribution is -2.16. The first-order chi connectivity index (χ1) is 9.15. The summed E-state index contributed by atoms with van der Waals surface area (Å²) in [7, 11) is 0. The number of halogens is 2. The van der Waals surface area contributed by atoms with Crippen molar-refractivity contribution in [3.05, 3.63) is 65.7 Å². The normalized spacial score (nSPS) is 10.2. The molecule has 0 unspecified atom stereocenters. The summed E-state index contributed by atoms with van der Waals surface area (Å²) in [5.41, 5.74) is 1.32. The number of anilines is 1. The Morgan fingerprint density at radius 2 is 1.74 bits per heavy atom. The second kappa shape index (κ2) is 6.09. The molecular weight excluding hydrogens is 248 g/mol. The van der Waals surface area contributed by atoms with E-state index in [2.05, 4.69) is 5.32 Å². The van der Waals surface area contributed by atoms with Gasteiger partial charge < -0.3 is 5.32 Å². The van der Waals surface area contributed by atoms with Gasteiger partial charge in [0.2, 0.25) is 0 Å². The van der Waals surface area contributed by atoms with Gasteiger partial charge in [-0.3, -0.25) is 4.79 Å². The van der Waals surface area contributed by atoms with Crippen LogP contribution in [0, 0.1) is 11.6 Å². The second-order valence-corrected chi connectivity index (χ2v) is 4.18. The van der Waals surface area contributed by atoms with Crippen molar-refractivity contribution in [3.8, 4) is 0 Å². The number of carbonyl (C=O) groups is 1. The van der Waals surface area contributed by atoms with Crippen LogP contribution in [-0.2, 0) is 11.2 Å². The van der Waals surface area contributed by atoms with E-state index in [4.69, 9.17) is 0 Å². The fourth-order valence-electron chi connectivity index (χ4n) is 1.70. The zero-order valence-electron chi connectivity index (χ0n) is 10.2. The maximum Gasteiger partial charge on any atom is 0.159 e. The lowest BCUT2D eigenvalue weighted by Gasteiger charge is -2.05. The average Bonchev–Trinajstić information content (AvgIpc) is 2.42. The van der Waals surface area contributed by atoms with E-state index in [0.717, 1.165) is 17.8 Å². The molecule has 19 heavy (non-hydrogen) atoms. The summed E-state index contributed by atoms with van der Waals surface area (Å²) < 4.78 is 25.7. The molecule has 0 aliphatic carbocycles. The minimum Gasteiger partial charge on any atom is -0.378 e. The third kappa shape index (κ3) is 3.88. The van der Waals surface area contributed by atoms with Crippen molar-refractivity contribution >= 4 is 11.5 Å². The highest BCUT2D eigenvalue weighted by molar-refractivity contribution is 5.84. The van der Waals surface area contributed by atoms with Crippen LogP contribution >= 0.6 is 0 Å². The van der Waals surface area contributed by atoms with Gasteiger partial charge in [0.05, 0.1) is 6.54 Å². The highest BCUT2D eigenvalue weighted by atomic mass is 19.2.